The highest BCUT2D eigenvalue weighted by atomic mass is 35.5. The molecule has 0 radical (unpaired) electrons. The molecular formula is C10H8ClF2NO2. The second-order valence-electron chi connectivity index (χ2n) is 2.72. The summed E-state index contributed by atoms with van der Waals surface area (Å²) in [5, 5.41) is 2.42. The number of nitrogens with one attached hydrogen (secondary N) is 1. The summed E-state index contributed by atoms with van der Waals surface area (Å²) < 4.78 is 27.9. The molecule has 3 nitrogen and oxygen atoms in total. The number of carbonyl (C=O) groups excluding carboxylic acids is 1. The van der Waals surface area contributed by atoms with Crippen LogP contribution in [0.3, 0.4) is 0 Å². The van der Waals surface area contributed by atoms with Gasteiger partial charge in [-0.3, -0.25) is 4.79 Å². The van der Waals surface area contributed by atoms with E-state index in [9.17, 15) is 13.6 Å². The number of benzene rings is 1. The monoisotopic (exact) mass is 247 g/mol. The van der Waals surface area contributed by atoms with Crippen molar-refractivity contribution >= 4 is 23.2 Å². The molecule has 1 aromatic carbocycles. The molecule has 1 aromatic rings. The number of ether oxygens (including phenoxy) is 1. The summed E-state index contributed by atoms with van der Waals surface area (Å²) in [4.78, 5) is 10.9. The smallest absolute Gasteiger partial charge is 0.387 e. The fourth-order valence-corrected chi connectivity index (χ4v) is 1.19. The molecule has 0 bridgehead atoms. The molecule has 0 unspecified atom stereocenters. The number of anilines is 1. The van der Waals surface area contributed by atoms with Gasteiger partial charge in [-0.05, 0) is 24.3 Å². The zero-order valence-corrected chi connectivity index (χ0v) is 8.80. The second-order valence-corrected chi connectivity index (χ2v) is 3.12. The van der Waals surface area contributed by atoms with Gasteiger partial charge in [0, 0.05) is 5.69 Å². The van der Waals surface area contributed by atoms with Crippen LogP contribution in [0, 0.1) is 0 Å². The highest BCUT2D eigenvalue weighted by Gasteiger charge is 2.09. The topological polar surface area (TPSA) is 38.3 Å². The van der Waals surface area contributed by atoms with Crippen molar-refractivity contribution in [3.05, 3.63) is 35.9 Å². The standard InChI is InChI=1S/C10H8ClF2NO2/c1-2-9(15)14-6-3-4-8(7(11)5-6)16-10(12)13/h2-5,10H,1H2,(H,14,15). The van der Waals surface area contributed by atoms with Crippen LogP contribution in [-0.2, 0) is 4.79 Å². The number of carbonyl (C=O) groups is 1. The third kappa shape index (κ3) is 3.51. The van der Waals surface area contributed by atoms with E-state index in [0.29, 0.717) is 5.69 Å². The van der Waals surface area contributed by atoms with Gasteiger partial charge in [0.25, 0.3) is 0 Å². The molecule has 1 rings (SSSR count). The minimum absolute atomic E-state index is 0.0119. The molecule has 0 heterocycles. The van der Waals surface area contributed by atoms with Crippen LogP contribution < -0.4 is 10.1 Å². The average molecular weight is 248 g/mol. The zero-order chi connectivity index (χ0) is 12.1. The lowest BCUT2D eigenvalue weighted by molar-refractivity contribution is -0.111. The van der Waals surface area contributed by atoms with Gasteiger partial charge in [0.15, 0.2) is 0 Å². The molecule has 1 N–H and O–H groups in total. The summed E-state index contributed by atoms with van der Waals surface area (Å²) >= 11 is 5.66. The SMILES string of the molecule is C=CC(=O)Nc1ccc(OC(F)F)c(Cl)c1. The van der Waals surface area contributed by atoms with E-state index in [4.69, 9.17) is 11.6 Å². The van der Waals surface area contributed by atoms with Crippen molar-refractivity contribution in [2.45, 2.75) is 6.61 Å². The van der Waals surface area contributed by atoms with E-state index < -0.39 is 12.5 Å². The maximum absolute atomic E-state index is 11.9. The van der Waals surface area contributed by atoms with Gasteiger partial charge in [0.1, 0.15) is 5.75 Å². The van der Waals surface area contributed by atoms with Gasteiger partial charge in [-0.1, -0.05) is 18.2 Å². The summed E-state index contributed by atoms with van der Waals surface area (Å²) in [5.74, 6) is -0.563. The van der Waals surface area contributed by atoms with Crippen LogP contribution in [-0.4, -0.2) is 12.5 Å². The summed E-state index contributed by atoms with van der Waals surface area (Å²) in [6.07, 6.45) is 1.08. The van der Waals surface area contributed by atoms with Gasteiger partial charge < -0.3 is 10.1 Å². The van der Waals surface area contributed by atoms with Crippen molar-refractivity contribution in [3.8, 4) is 5.75 Å². The summed E-state index contributed by atoms with van der Waals surface area (Å²) in [5.41, 5.74) is 0.372. The van der Waals surface area contributed by atoms with E-state index in [0.717, 1.165) is 6.08 Å². The van der Waals surface area contributed by atoms with Crippen LogP contribution in [0.2, 0.25) is 5.02 Å². The Morgan fingerprint density at radius 2 is 2.25 bits per heavy atom. The van der Waals surface area contributed by atoms with Gasteiger partial charge in [-0.15, -0.1) is 0 Å². The van der Waals surface area contributed by atoms with Crippen molar-refractivity contribution < 1.29 is 18.3 Å². The minimum atomic E-state index is -2.94. The molecule has 0 saturated carbocycles. The first kappa shape index (κ1) is 12.4. The normalized spacial score (nSPS) is 10.0. The van der Waals surface area contributed by atoms with Gasteiger partial charge in [-0.2, -0.15) is 8.78 Å². The first-order chi connectivity index (χ1) is 7.52. The third-order valence-electron chi connectivity index (χ3n) is 1.60. The Labute approximate surface area is 95.7 Å². The first-order valence-electron chi connectivity index (χ1n) is 4.20. The summed E-state index contributed by atoms with van der Waals surface area (Å²) in [6, 6.07) is 3.94. The number of amides is 1. The number of hydrogen-bond donors (Lipinski definition) is 1. The second kappa shape index (κ2) is 5.46. The quantitative estimate of drug-likeness (QED) is 0.831. The van der Waals surface area contributed by atoms with Crippen LogP contribution in [0.15, 0.2) is 30.9 Å². The number of hydrogen-bond acceptors (Lipinski definition) is 2. The zero-order valence-electron chi connectivity index (χ0n) is 8.04. The Kier molecular flexibility index (Phi) is 4.25. The predicted molar refractivity (Wildman–Crippen MR) is 56.9 cm³/mol. The van der Waals surface area contributed by atoms with Crippen LogP contribution in [0.1, 0.15) is 0 Å². The predicted octanol–water partition coefficient (Wildman–Crippen LogP) is 3.07. The molecule has 86 valence electrons. The Morgan fingerprint density at radius 1 is 1.56 bits per heavy atom. The number of halogens is 3. The molecule has 0 atom stereocenters. The Balaban J connectivity index is 2.82. The summed E-state index contributed by atoms with van der Waals surface area (Å²) in [6.45, 7) is 0.328. The van der Waals surface area contributed by atoms with E-state index in [1.54, 1.807) is 0 Å². The van der Waals surface area contributed by atoms with Gasteiger partial charge >= 0.3 is 6.61 Å². The average Bonchev–Trinajstić information content (AvgIpc) is 2.21. The molecular weight excluding hydrogens is 240 g/mol. The van der Waals surface area contributed by atoms with Crippen LogP contribution in [0.4, 0.5) is 14.5 Å². The number of alkyl halides is 2. The molecule has 0 spiro atoms. The molecule has 1 amide bonds. The first-order valence-corrected chi connectivity index (χ1v) is 4.58. The minimum Gasteiger partial charge on any atom is -0.433 e. The summed E-state index contributed by atoms with van der Waals surface area (Å²) in [7, 11) is 0. The molecule has 0 saturated heterocycles. The van der Waals surface area contributed by atoms with Crippen LogP contribution in [0.5, 0.6) is 5.75 Å². The molecule has 0 fully saturated rings. The maximum Gasteiger partial charge on any atom is 0.387 e. The maximum atomic E-state index is 11.9. The molecule has 0 aliphatic heterocycles. The highest BCUT2D eigenvalue weighted by Crippen LogP contribution is 2.28. The highest BCUT2D eigenvalue weighted by molar-refractivity contribution is 6.32. The van der Waals surface area contributed by atoms with E-state index in [2.05, 4.69) is 16.6 Å². The lowest BCUT2D eigenvalue weighted by atomic mass is 10.3. The van der Waals surface area contributed by atoms with Crippen molar-refractivity contribution in [1.29, 1.82) is 0 Å². The van der Waals surface area contributed by atoms with Crippen molar-refractivity contribution in [3.63, 3.8) is 0 Å². The molecule has 16 heavy (non-hydrogen) atoms. The van der Waals surface area contributed by atoms with Crippen LogP contribution >= 0.6 is 11.6 Å². The third-order valence-corrected chi connectivity index (χ3v) is 1.90. The molecule has 0 aliphatic carbocycles. The lowest BCUT2D eigenvalue weighted by Crippen LogP contribution is -2.07. The van der Waals surface area contributed by atoms with E-state index in [1.165, 1.54) is 18.2 Å². The van der Waals surface area contributed by atoms with E-state index in [1.807, 2.05) is 0 Å². The van der Waals surface area contributed by atoms with Gasteiger partial charge in [-0.25, -0.2) is 0 Å². The van der Waals surface area contributed by atoms with E-state index in [-0.39, 0.29) is 10.8 Å². The van der Waals surface area contributed by atoms with E-state index >= 15 is 0 Å². The Hall–Kier alpha value is -1.62. The molecule has 0 aliphatic rings. The Morgan fingerprint density at radius 3 is 2.75 bits per heavy atom. The fraction of sp³-hybridized carbons (Fsp3) is 0.100. The largest absolute Gasteiger partial charge is 0.433 e. The van der Waals surface area contributed by atoms with Crippen LogP contribution in [0.25, 0.3) is 0 Å². The van der Waals surface area contributed by atoms with Crippen molar-refractivity contribution in [2.24, 2.45) is 0 Å². The number of rotatable bonds is 4. The Bertz CT molecular complexity index is 410. The fourth-order valence-electron chi connectivity index (χ4n) is 0.963. The van der Waals surface area contributed by atoms with Gasteiger partial charge in [0.05, 0.1) is 5.02 Å². The van der Waals surface area contributed by atoms with Crippen molar-refractivity contribution in [1.82, 2.24) is 0 Å². The molecule has 0 aromatic heterocycles. The molecule has 6 heteroatoms. The lowest BCUT2D eigenvalue weighted by Gasteiger charge is -2.08. The van der Waals surface area contributed by atoms with Gasteiger partial charge in [0.2, 0.25) is 5.91 Å². The van der Waals surface area contributed by atoms with Crippen molar-refractivity contribution in [2.75, 3.05) is 5.32 Å².